The first kappa shape index (κ1) is 26.7. The van der Waals surface area contributed by atoms with E-state index in [9.17, 15) is 14.4 Å². The van der Waals surface area contributed by atoms with Crippen LogP contribution < -0.4 is 15.5 Å². The monoisotopic (exact) mass is 536 g/mol. The van der Waals surface area contributed by atoms with Gasteiger partial charge in [-0.05, 0) is 75.9 Å². The van der Waals surface area contributed by atoms with E-state index >= 15 is 0 Å². The number of amides is 3. The number of piperidine rings is 2. The lowest BCUT2D eigenvalue weighted by Gasteiger charge is -2.39. The SMILES string of the molecule is CC1(C)C(=O)N(C2CCN(C(=O)C(Cc3ccccc3Cl)NC(=O)C3CCNCC3)CC2)c2ccccc21. The van der Waals surface area contributed by atoms with Gasteiger partial charge in [-0.1, -0.05) is 48.0 Å². The molecule has 0 bridgehead atoms. The molecule has 38 heavy (non-hydrogen) atoms. The molecule has 7 nitrogen and oxygen atoms in total. The number of nitrogens with one attached hydrogen (secondary N) is 2. The molecule has 2 saturated heterocycles. The second-order valence-corrected chi connectivity index (χ2v) is 11.7. The van der Waals surface area contributed by atoms with Crippen LogP contribution in [0.2, 0.25) is 5.02 Å². The Kier molecular flexibility index (Phi) is 7.78. The Labute approximate surface area is 229 Å². The molecule has 2 aromatic rings. The number of benzene rings is 2. The molecular weight excluding hydrogens is 500 g/mol. The van der Waals surface area contributed by atoms with Gasteiger partial charge in [-0.2, -0.15) is 0 Å². The fraction of sp³-hybridized carbons (Fsp3) is 0.500. The molecule has 3 aliphatic heterocycles. The lowest BCUT2D eigenvalue weighted by molar-refractivity contribution is -0.138. The van der Waals surface area contributed by atoms with E-state index in [0.29, 0.717) is 37.4 Å². The first-order valence-corrected chi connectivity index (χ1v) is 14.1. The van der Waals surface area contributed by atoms with Crippen LogP contribution in [-0.2, 0) is 26.2 Å². The Hall–Kier alpha value is -2.90. The van der Waals surface area contributed by atoms with Crippen LogP contribution in [0.3, 0.4) is 0 Å². The molecule has 1 atom stereocenters. The van der Waals surface area contributed by atoms with Crippen LogP contribution in [-0.4, -0.2) is 60.9 Å². The molecule has 3 heterocycles. The Morgan fingerprint density at radius 1 is 1.03 bits per heavy atom. The van der Waals surface area contributed by atoms with E-state index in [1.807, 2.05) is 72.2 Å². The Bertz CT molecular complexity index is 1200. The van der Waals surface area contributed by atoms with Gasteiger partial charge in [0.25, 0.3) is 0 Å². The maximum absolute atomic E-state index is 13.8. The first-order chi connectivity index (χ1) is 18.3. The molecule has 0 saturated carbocycles. The van der Waals surface area contributed by atoms with E-state index in [4.69, 9.17) is 11.6 Å². The van der Waals surface area contributed by atoms with E-state index in [1.165, 1.54) is 0 Å². The zero-order chi connectivity index (χ0) is 26.9. The number of hydrogen-bond donors (Lipinski definition) is 2. The van der Waals surface area contributed by atoms with Crippen LogP contribution >= 0.6 is 11.6 Å². The molecule has 0 radical (unpaired) electrons. The van der Waals surface area contributed by atoms with Gasteiger partial charge in [0.15, 0.2) is 0 Å². The van der Waals surface area contributed by atoms with Gasteiger partial charge in [-0.3, -0.25) is 14.4 Å². The lowest BCUT2D eigenvalue weighted by atomic mass is 9.86. The molecule has 3 amide bonds. The number of para-hydroxylation sites is 1. The highest BCUT2D eigenvalue weighted by atomic mass is 35.5. The van der Waals surface area contributed by atoms with Crippen LogP contribution in [0.5, 0.6) is 0 Å². The zero-order valence-electron chi connectivity index (χ0n) is 22.2. The van der Waals surface area contributed by atoms with Crippen molar-refractivity contribution in [2.75, 3.05) is 31.1 Å². The van der Waals surface area contributed by atoms with E-state index in [1.54, 1.807) is 0 Å². The van der Waals surface area contributed by atoms with Crippen molar-refractivity contribution in [3.63, 3.8) is 0 Å². The van der Waals surface area contributed by atoms with Gasteiger partial charge in [0.05, 0.1) is 5.41 Å². The van der Waals surface area contributed by atoms with Crippen LogP contribution in [0.4, 0.5) is 5.69 Å². The molecule has 3 aliphatic rings. The summed E-state index contributed by atoms with van der Waals surface area (Å²) < 4.78 is 0. The number of nitrogens with zero attached hydrogens (tertiary/aromatic N) is 2. The highest BCUT2D eigenvalue weighted by Gasteiger charge is 2.47. The normalized spacial score (nSPS) is 20.8. The lowest BCUT2D eigenvalue weighted by Crippen LogP contribution is -2.55. The number of likely N-dealkylation sites (tertiary alicyclic amines) is 1. The maximum Gasteiger partial charge on any atom is 0.245 e. The molecule has 8 heteroatoms. The number of carbonyl (C=O) groups is 3. The van der Waals surface area contributed by atoms with E-state index < -0.39 is 11.5 Å². The summed E-state index contributed by atoms with van der Waals surface area (Å²) in [6.45, 7) is 6.67. The van der Waals surface area contributed by atoms with E-state index in [0.717, 1.165) is 42.7 Å². The number of halogens is 1. The molecule has 202 valence electrons. The zero-order valence-corrected chi connectivity index (χ0v) is 23.0. The van der Waals surface area contributed by atoms with Gasteiger partial charge in [0.2, 0.25) is 17.7 Å². The predicted octanol–water partition coefficient (Wildman–Crippen LogP) is 3.68. The van der Waals surface area contributed by atoms with Crippen LogP contribution in [0.1, 0.15) is 50.7 Å². The molecule has 1 unspecified atom stereocenters. The molecular formula is C30H37ClN4O3. The minimum Gasteiger partial charge on any atom is -0.344 e. The van der Waals surface area contributed by atoms with Gasteiger partial charge in [-0.15, -0.1) is 0 Å². The second kappa shape index (κ2) is 11.1. The van der Waals surface area contributed by atoms with Crippen molar-refractivity contribution < 1.29 is 14.4 Å². The molecule has 5 rings (SSSR count). The van der Waals surface area contributed by atoms with Crippen molar-refractivity contribution in [1.29, 1.82) is 0 Å². The van der Waals surface area contributed by atoms with Crippen molar-refractivity contribution in [2.24, 2.45) is 5.92 Å². The van der Waals surface area contributed by atoms with Gasteiger partial charge in [0.1, 0.15) is 6.04 Å². The molecule has 0 aromatic heterocycles. The van der Waals surface area contributed by atoms with Crippen LogP contribution in [0.15, 0.2) is 48.5 Å². The highest BCUT2D eigenvalue weighted by Crippen LogP contribution is 2.43. The smallest absolute Gasteiger partial charge is 0.245 e. The van der Waals surface area contributed by atoms with Crippen LogP contribution in [0.25, 0.3) is 0 Å². The van der Waals surface area contributed by atoms with Crippen LogP contribution in [0, 0.1) is 5.92 Å². The average Bonchev–Trinajstić information content (AvgIpc) is 3.14. The molecule has 0 aliphatic carbocycles. The molecule has 2 aromatic carbocycles. The topological polar surface area (TPSA) is 81.8 Å². The summed E-state index contributed by atoms with van der Waals surface area (Å²) in [5.41, 5.74) is 2.33. The van der Waals surface area contributed by atoms with Crippen molar-refractivity contribution in [2.45, 2.75) is 63.5 Å². The van der Waals surface area contributed by atoms with Crippen molar-refractivity contribution >= 4 is 35.0 Å². The predicted molar refractivity (Wildman–Crippen MR) is 149 cm³/mol. The highest BCUT2D eigenvalue weighted by molar-refractivity contribution is 6.31. The Morgan fingerprint density at radius 3 is 2.39 bits per heavy atom. The fourth-order valence-electron chi connectivity index (χ4n) is 6.12. The van der Waals surface area contributed by atoms with E-state index in [2.05, 4.69) is 10.6 Å². The van der Waals surface area contributed by atoms with Crippen molar-refractivity contribution in [3.05, 3.63) is 64.7 Å². The molecule has 2 fully saturated rings. The Balaban J connectivity index is 1.29. The summed E-state index contributed by atoms with van der Waals surface area (Å²) in [5, 5.41) is 6.95. The Morgan fingerprint density at radius 2 is 1.68 bits per heavy atom. The third kappa shape index (κ3) is 5.19. The first-order valence-electron chi connectivity index (χ1n) is 13.7. The summed E-state index contributed by atoms with van der Waals surface area (Å²) >= 11 is 6.43. The minimum absolute atomic E-state index is 0.0424. The summed E-state index contributed by atoms with van der Waals surface area (Å²) in [4.78, 5) is 44.1. The third-order valence-electron chi connectivity index (χ3n) is 8.44. The minimum atomic E-state index is -0.679. The summed E-state index contributed by atoms with van der Waals surface area (Å²) in [6.07, 6.45) is 3.28. The van der Waals surface area contributed by atoms with Gasteiger partial charge < -0.3 is 20.4 Å². The number of fused-ring (bicyclic) bond motifs is 1. The number of rotatable bonds is 6. The molecule has 0 spiro atoms. The van der Waals surface area contributed by atoms with Crippen molar-refractivity contribution in [3.8, 4) is 0 Å². The summed E-state index contributed by atoms with van der Waals surface area (Å²) in [6, 6.07) is 14.9. The fourth-order valence-corrected chi connectivity index (χ4v) is 6.34. The van der Waals surface area contributed by atoms with Crippen molar-refractivity contribution in [1.82, 2.24) is 15.5 Å². The second-order valence-electron chi connectivity index (χ2n) is 11.3. The largest absolute Gasteiger partial charge is 0.344 e. The maximum atomic E-state index is 13.8. The summed E-state index contributed by atoms with van der Waals surface area (Å²) in [5.74, 6) is -0.116. The quantitative estimate of drug-likeness (QED) is 0.590. The number of carbonyl (C=O) groups excluding carboxylic acids is 3. The molecule has 2 N–H and O–H groups in total. The summed E-state index contributed by atoms with van der Waals surface area (Å²) in [7, 11) is 0. The van der Waals surface area contributed by atoms with E-state index in [-0.39, 0.29) is 29.7 Å². The number of anilines is 1. The van der Waals surface area contributed by atoms with Gasteiger partial charge >= 0.3 is 0 Å². The van der Waals surface area contributed by atoms with Gasteiger partial charge in [0, 0.05) is 42.2 Å². The average molecular weight is 537 g/mol. The van der Waals surface area contributed by atoms with Gasteiger partial charge in [-0.25, -0.2) is 0 Å². The third-order valence-corrected chi connectivity index (χ3v) is 8.81. The number of hydrogen-bond acceptors (Lipinski definition) is 4. The standard InChI is InChI=1S/C30H37ClN4O3/c1-30(2)23-8-4-6-10-26(23)35(29(30)38)22-13-17-34(18-14-22)28(37)25(19-21-7-3-5-9-24(21)31)33-27(36)20-11-15-32-16-12-20/h3-10,20,22,25,32H,11-19H2,1-2H3,(H,33,36).